The fourth-order valence-corrected chi connectivity index (χ4v) is 2.00. The molecule has 6 nitrogen and oxygen atoms in total. The minimum absolute atomic E-state index is 0.0229. The molecular formula is C18H24N2O4. The van der Waals surface area contributed by atoms with Crippen molar-refractivity contribution in [2.24, 2.45) is 11.7 Å². The number of primary amides is 1. The van der Waals surface area contributed by atoms with E-state index in [9.17, 15) is 19.5 Å². The van der Waals surface area contributed by atoms with Gasteiger partial charge in [-0.05, 0) is 37.0 Å². The summed E-state index contributed by atoms with van der Waals surface area (Å²) < 4.78 is 0. The first-order valence-corrected chi connectivity index (χ1v) is 7.83. The van der Waals surface area contributed by atoms with Crippen molar-refractivity contribution in [3.8, 4) is 0 Å². The predicted octanol–water partition coefficient (Wildman–Crippen LogP) is 1.28. The standard InChI is InChI=1S/C18H24N2O4/c1-13(2)6-4-3-5-7-17(23)20-14-12-18(24,10-8-15(14)21)11-9-16(19)22/h3-5,7-8,10,12-13,24H,6,9,11H2,1-2H3,(H2,19,22)(H,20,23)/b4-3+,7-5+/t18-/m1/s1. The monoisotopic (exact) mass is 332 g/mol. The maximum atomic E-state index is 11.8. The molecule has 1 aliphatic rings. The summed E-state index contributed by atoms with van der Waals surface area (Å²) in [5, 5.41) is 12.8. The van der Waals surface area contributed by atoms with E-state index < -0.39 is 23.2 Å². The minimum Gasteiger partial charge on any atom is -0.382 e. The van der Waals surface area contributed by atoms with Crippen LogP contribution in [0.3, 0.4) is 0 Å². The molecule has 6 heteroatoms. The molecule has 0 fully saturated rings. The maximum Gasteiger partial charge on any atom is 0.248 e. The lowest BCUT2D eigenvalue weighted by Crippen LogP contribution is -2.35. The Kier molecular flexibility index (Phi) is 7.32. The van der Waals surface area contributed by atoms with E-state index in [2.05, 4.69) is 19.2 Å². The smallest absolute Gasteiger partial charge is 0.248 e. The van der Waals surface area contributed by atoms with E-state index in [0.717, 1.165) is 6.42 Å². The Morgan fingerprint density at radius 3 is 2.71 bits per heavy atom. The summed E-state index contributed by atoms with van der Waals surface area (Å²) in [5.74, 6) is -0.908. The van der Waals surface area contributed by atoms with Crippen LogP contribution in [-0.2, 0) is 14.4 Å². The molecule has 0 aliphatic heterocycles. The Labute approximate surface area is 141 Å². The van der Waals surface area contributed by atoms with Crippen molar-refractivity contribution >= 4 is 17.6 Å². The first-order chi connectivity index (χ1) is 11.2. The molecule has 0 spiro atoms. The number of amides is 2. The van der Waals surface area contributed by atoms with Crippen molar-refractivity contribution in [3.05, 3.63) is 48.2 Å². The first-order valence-electron chi connectivity index (χ1n) is 7.83. The number of aliphatic hydroxyl groups is 1. The molecule has 0 aromatic rings. The second-order valence-corrected chi connectivity index (χ2v) is 6.12. The highest BCUT2D eigenvalue weighted by Gasteiger charge is 2.28. The van der Waals surface area contributed by atoms with Gasteiger partial charge in [0, 0.05) is 12.5 Å². The fourth-order valence-electron chi connectivity index (χ4n) is 2.00. The van der Waals surface area contributed by atoms with Gasteiger partial charge in [-0.1, -0.05) is 32.1 Å². The molecular weight excluding hydrogens is 308 g/mol. The van der Waals surface area contributed by atoms with Gasteiger partial charge in [0.2, 0.25) is 17.6 Å². The van der Waals surface area contributed by atoms with Crippen molar-refractivity contribution in [2.75, 3.05) is 0 Å². The molecule has 0 bridgehead atoms. The van der Waals surface area contributed by atoms with Gasteiger partial charge in [-0.2, -0.15) is 0 Å². The quantitative estimate of drug-likeness (QED) is 0.459. The lowest BCUT2D eigenvalue weighted by molar-refractivity contribution is -0.119. The van der Waals surface area contributed by atoms with E-state index >= 15 is 0 Å². The zero-order valence-electron chi connectivity index (χ0n) is 14.0. The third kappa shape index (κ3) is 7.19. The van der Waals surface area contributed by atoms with E-state index in [1.807, 2.05) is 6.08 Å². The van der Waals surface area contributed by atoms with E-state index in [1.54, 1.807) is 12.2 Å². The van der Waals surface area contributed by atoms with Gasteiger partial charge in [0.1, 0.15) is 5.60 Å². The summed E-state index contributed by atoms with van der Waals surface area (Å²) in [6.07, 6.45) is 11.2. The molecule has 1 aliphatic carbocycles. The summed E-state index contributed by atoms with van der Waals surface area (Å²) in [6.45, 7) is 4.18. The molecule has 1 atom stereocenters. The SMILES string of the molecule is CC(C)C/C=C/C=C/C(=O)NC1=C[C@](O)(CCC(N)=O)C=CC1=O. The van der Waals surface area contributed by atoms with Gasteiger partial charge < -0.3 is 16.2 Å². The number of hydrogen-bond donors (Lipinski definition) is 3. The molecule has 0 radical (unpaired) electrons. The van der Waals surface area contributed by atoms with Crippen molar-refractivity contribution in [3.63, 3.8) is 0 Å². The van der Waals surface area contributed by atoms with Gasteiger partial charge in [-0.25, -0.2) is 0 Å². The summed E-state index contributed by atoms with van der Waals surface area (Å²) in [6, 6.07) is 0. The molecule has 4 N–H and O–H groups in total. The topological polar surface area (TPSA) is 109 Å². The second-order valence-electron chi connectivity index (χ2n) is 6.12. The Hall–Kier alpha value is -2.47. The number of carbonyl (C=O) groups excluding carboxylic acids is 3. The number of hydrogen-bond acceptors (Lipinski definition) is 4. The van der Waals surface area contributed by atoms with Gasteiger partial charge in [0.05, 0.1) is 5.70 Å². The van der Waals surface area contributed by atoms with Crippen LogP contribution in [0, 0.1) is 5.92 Å². The van der Waals surface area contributed by atoms with Crippen LogP contribution in [0.25, 0.3) is 0 Å². The van der Waals surface area contributed by atoms with Gasteiger partial charge in [-0.3, -0.25) is 14.4 Å². The predicted molar refractivity (Wildman–Crippen MR) is 91.5 cm³/mol. The van der Waals surface area contributed by atoms with Crippen LogP contribution >= 0.6 is 0 Å². The highest BCUT2D eigenvalue weighted by atomic mass is 16.3. The number of allylic oxidation sites excluding steroid dienone is 4. The largest absolute Gasteiger partial charge is 0.382 e. The summed E-state index contributed by atoms with van der Waals surface area (Å²) in [4.78, 5) is 34.5. The van der Waals surface area contributed by atoms with E-state index in [4.69, 9.17) is 5.73 Å². The number of ketones is 1. The maximum absolute atomic E-state index is 11.8. The molecule has 0 aromatic carbocycles. The zero-order valence-corrected chi connectivity index (χ0v) is 14.0. The minimum atomic E-state index is -1.48. The molecule has 0 heterocycles. The highest BCUT2D eigenvalue weighted by molar-refractivity contribution is 6.08. The number of nitrogens with one attached hydrogen (secondary N) is 1. The Bertz CT molecular complexity index is 615. The van der Waals surface area contributed by atoms with Crippen LogP contribution in [-0.4, -0.2) is 28.3 Å². The van der Waals surface area contributed by atoms with E-state index in [-0.39, 0.29) is 18.5 Å². The molecule has 2 amide bonds. The lowest BCUT2D eigenvalue weighted by Gasteiger charge is -2.24. The summed E-state index contributed by atoms with van der Waals surface area (Å²) in [7, 11) is 0. The van der Waals surface area contributed by atoms with Crippen molar-refractivity contribution < 1.29 is 19.5 Å². The van der Waals surface area contributed by atoms with Crippen LogP contribution in [0.1, 0.15) is 33.1 Å². The molecule has 0 saturated carbocycles. The Morgan fingerprint density at radius 1 is 1.38 bits per heavy atom. The normalized spacial score (nSPS) is 20.8. The average Bonchev–Trinajstić information content (AvgIpc) is 2.49. The molecule has 0 saturated heterocycles. The van der Waals surface area contributed by atoms with Crippen LogP contribution in [0.2, 0.25) is 0 Å². The summed E-state index contributed by atoms with van der Waals surface area (Å²) >= 11 is 0. The molecule has 130 valence electrons. The zero-order chi connectivity index (χ0) is 18.2. The van der Waals surface area contributed by atoms with E-state index in [0.29, 0.717) is 5.92 Å². The van der Waals surface area contributed by atoms with Gasteiger partial charge in [0.25, 0.3) is 0 Å². The molecule has 24 heavy (non-hydrogen) atoms. The van der Waals surface area contributed by atoms with Crippen molar-refractivity contribution in [1.82, 2.24) is 5.32 Å². The number of carbonyl (C=O) groups is 3. The number of rotatable bonds is 8. The van der Waals surface area contributed by atoms with Crippen LogP contribution in [0.15, 0.2) is 48.2 Å². The van der Waals surface area contributed by atoms with Crippen molar-refractivity contribution in [1.29, 1.82) is 0 Å². The van der Waals surface area contributed by atoms with Crippen LogP contribution in [0.4, 0.5) is 0 Å². The summed E-state index contributed by atoms with van der Waals surface area (Å²) in [5.41, 5.74) is 3.56. The third-order valence-corrected chi connectivity index (χ3v) is 3.32. The average molecular weight is 332 g/mol. The third-order valence-electron chi connectivity index (χ3n) is 3.32. The van der Waals surface area contributed by atoms with Crippen LogP contribution < -0.4 is 11.1 Å². The van der Waals surface area contributed by atoms with Crippen molar-refractivity contribution in [2.45, 2.75) is 38.7 Å². The van der Waals surface area contributed by atoms with E-state index in [1.165, 1.54) is 24.3 Å². The Balaban J connectivity index is 2.67. The second kappa shape index (κ2) is 8.98. The van der Waals surface area contributed by atoms with Gasteiger partial charge in [0.15, 0.2) is 0 Å². The fraction of sp³-hybridized carbons (Fsp3) is 0.389. The van der Waals surface area contributed by atoms with Crippen LogP contribution in [0.5, 0.6) is 0 Å². The van der Waals surface area contributed by atoms with Gasteiger partial charge in [-0.15, -0.1) is 0 Å². The molecule has 0 unspecified atom stereocenters. The number of nitrogens with two attached hydrogens (primary N) is 1. The Morgan fingerprint density at radius 2 is 2.08 bits per heavy atom. The van der Waals surface area contributed by atoms with Gasteiger partial charge >= 0.3 is 0 Å². The lowest BCUT2D eigenvalue weighted by atomic mass is 9.90. The highest BCUT2D eigenvalue weighted by Crippen LogP contribution is 2.22. The molecule has 1 rings (SSSR count). The first kappa shape index (κ1) is 19.6. The molecule has 0 aromatic heterocycles.